The van der Waals surface area contributed by atoms with Crippen molar-refractivity contribution in [3.8, 4) is 5.75 Å². The summed E-state index contributed by atoms with van der Waals surface area (Å²) in [5.41, 5.74) is 1.73. The number of hydrogen-bond acceptors (Lipinski definition) is 3. The second-order valence-corrected chi connectivity index (χ2v) is 4.63. The summed E-state index contributed by atoms with van der Waals surface area (Å²) in [4.78, 5) is 4.34. The van der Waals surface area contributed by atoms with Gasteiger partial charge in [-0.05, 0) is 31.9 Å². The number of pyridine rings is 1. The lowest BCUT2D eigenvalue weighted by Gasteiger charge is -2.22. The van der Waals surface area contributed by atoms with Crippen LogP contribution in [-0.2, 0) is 6.54 Å². The molecule has 1 aromatic heterocycles. The second-order valence-electron chi connectivity index (χ2n) is 4.63. The highest BCUT2D eigenvalue weighted by Crippen LogP contribution is 2.19. The number of nitrogens with one attached hydrogen (secondary N) is 1. The van der Waals surface area contributed by atoms with Gasteiger partial charge in [0.15, 0.2) is 0 Å². The minimum Gasteiger partial charge on any atom is -0.506 e. The maximum Gasteiger partial charge on any atom is 0.138 e. The normalized spacial score (nSPS) is 17.6. The Morgan fingerprint density at radius 1 is 1.31 bits per heavy atom. The van der Waals surface area contributed by atoms with E-state index in [4.69, 9.17) is 0 Å². The fraction of sp³-hybridized carbons (Fsp3) is 0.615. The standard InChI is InChI=1S/C13H20N2O/c1-10-7-8-13(16)12(15-10)9-14-11-5-3-2-4-6-11/h7-8,11,14,16H,2-6,9H2,1H3. The molecule has 0 bridgehead atoms. The van der Waals surface area contributed by atoms with E-state index in [0.29, 0.717) is 18.3 Å². The number of hydrogen-bond donors (Lipinski definition) is 2. The summed E-state index contributed by atoms with van der Waals surface area (Å²) in [6.07, 6.45) is 6.53. The summed E-state index contributed by atoms with van der Waals surface area (Å²) in [6.45, 7) is 2.63. The molecule has 88 valence electrons. The molecule has 0 amide bonds. The molecule has 3 nitrogen and oxygen atoms in total. The van der Waals surface area contributed by atoms with Crippen LogP contribution in [0.15, 0.2) is 12.1 Å². The molecule has 1 aromatic rings. The Morgan fingerprint density at radius 3 is 2.81 bits per heavy atom. The van der Waals surface area contributed by atoms with E-state index >= 15 is 0 Å². The Bertz CT molecular complexity index is 346. The highest BCUT2D eigenvalue weighted by Gasteiger charge is 2.13. The predicted molar refractivity (Wildman–Crippen MR) is 64.4 cm³/mol. The Kier molecular flexibility index (Phi) is 3.78. The SMILES string of the molecule is Cc1ccc(O)c(CNC2CCCCC2)n1. The minimum atomic E-state index is 0.300. The van der Waals surface area contributed by atoms with E-state index in [1.807, 2.05) is 13.0 Å². The molecule has 1 saturated carbocycles. The molecule has 16 heavy (non-hydrogen) atoms. The first-order valence-corrected chi connectivity index (χ1v) is 6.14. The third-order valence-electron chi connectivity index (χ3n) is 3.25. The van der Waals surface area contributed by atoms with Crippen molar-refractivity contribution in [3.63, 3.8) is 0 Å². The van der Waals surface area contributed by atoms with Crippen LogP contribution in [0.5, 0.6) is 5.75 Å². The van der Waals surface area contributed by atoms with Gasteiger partial charge in [0.2, 0.25) is 0 Å². The average molecular weight is 220 g/mol. The molecule has 2 rings (SSSR count). The lowest BCUT2D eigenvalue weighted by molar-refractivity contribution is 0.366. The number of aromatic hydroxyl groups is 1. The van der Waals surface area contributed by atoms with E-state index in [1.165, 1.54) is 32.1 Å². The summed E-state index contributed by atoms with van der Waals surface area (Å²) in [5, 5.41) is 13.1. The van der Waals surface area contributed by atoms with Crippen molar-refractivity contribution in [3.05, 3.63) is 23.5 Å². The third-order valence-corrected chi connectivity index (χ3v) is 3.25. The Labute approximate surface area is 96.9 Å². The van der Waals surface area contributed by atoms with Crippen molar-refractivity contribution < 1.29 is 5.11 Å². The molecule has 0 atom stereocenters. The fourth-order valence-corrected chi connectivity index (χ4v) is 2.28. The molecule has 0 aromatic carbocycles. The Hall–Kier alpha value is -1.09. The highest BCUT2D eigenvalue weighted by atomic mass is 16.3. The van der Waals surface area contributed by atoms with Crippen LogP contribution < -0.4 is 5.32 Å². The molecule has 1 heterocycles. The van der Waals surface area contributed by atoms with Gasteiger partial charge in [-0.25, -0.2) is 0 Å². The summed E-state index contributed by atoms with van der Waals surface area (Å²) in [5.74, 6) is 0.300. The number of aromatic nitrogens is 1. The summed E-state index contributed by atoms with van der Waals surface area (Å²) in [6, 6.07) is 4.16. The molecule has 1 aliphatic rings. The van der Waals surface area contributed by atoms with Gasteiger partial charge < -0.3 is 10.4 Å². The lowest BCUT2D eigenvalue weighted by atomic mass is 9.95. The van der Waals surface area contributed by atoms with Crippen molar-refractivity contribution in [2.45, 2.75) is 51.6 Å². The van der Waals surface area contributed by atoms with Gasteiger partial charge in [-0.15, -0.1) is 0 Å². The maximum atomic E-state index is 9.66. The zero-order valence-electron chi connectivity index (χ0n) is 9.87. The van der Waals surface area contributed by atoms with Crippen LogP contribution in [0.4, 0.5) is 0 Å². The zero-order chi connectivity index (χ0) is 11.4. The van der Waals surface area contributed by atoms with Crippen LogP contribution in [0, 0.1) is 6.92 Å². The Morgan fingerprint density at radius 2 is 2.06 bits per heavy atom. The molecular formula is C13H20N2O. The van der Waals surface area contributed by atoms with Crippen molar-refractivity contribution in [2.75, 3.05) is 0 Å². The van der Waals surface area contributed by atoms with E-state index in [1.54, 1.807) is 6.07 Å². The summed E-state index contributed by atoms with van der Waals surface area (Å²) >= 11 is 0. The van der Waals surface area contributed by atoms with Gasteiger partial charge in [0.05, 0.1) is 5.69 Å². The average Bonchev–Trinajstić information content (AvgIpc) is 2.32. The minimum absolute atomic E-state index is 0.300. The van der Waals surface area contributed by atoms with Crippen LogP contribution >= 0.6 is 0 Å². The quantitative estimate of drug-likeness (QED) is 0.822. The van der Waals surface area contributed by atoms with Crippen LogP contribution in [-0.4, -0.2) is 16.1 Å². The van der Waals surface area contributed by atoms with E-state index in [0.717, 1.165) is 11.4 Å². The smallest absolute Gasteiger partial charge is 0.138 e. The van der Waals surface area contributed by atoms with Crippen LogP contribution in [0.25, 0.3) is 0 Å². The van der Waals surface area contributed by atoms with Crippen molar-refractivity contribution in [1.82, 2.24) is 10.3 Å². The molecule has 0 spiro atoms. The van der Waals surface area contributed by atoms with E-state index in [-0.39, 0.29) is 0 Å². The molecule has 3 heteroatoms. The first kappa shape index (κ1) is 11.4. The van der Waals surface area contributed by atoms with Gasteiger partial charge in [-0.3, -0.25) is 4.98 Å². The largest absolute Gasteiger partial charge is 0.506 e. The summed E-state index contributed by atoms with van der Waals surface area (Å²) in [7, 11) is 0. The molecule has 0 saturated heterocycles. The van der Waals surface area contributed by atoms with Gasteiger partial charge in [0, 0.05) is 18.3 Å². The molecule has 1 fully saturated rings. The van der Waals surface area contributed by atoms with Crippen LogP contribution in [0.1, 0.15) is 43.5 Å². The van der Waals surface area contributed by atoms with Crippen molar-refractivity contribution in [2.24, 2.45) is 0 Å². The molecule has 2 N–H and O–H groups in total. The monoisotopic (exact) mass is 220 g/mol. The van der Waals surface area contributed by atoms with E-state index in [9.17, 15) is 5.11 Å². The number of aryl methyl sites for hydroxylation is 1. The van der Waals surface area contributed by atoms with Gasteiger partial charge in [-0.1, -0.05) is 19.3 Å². The van der Waals surface area contributed by atoms with Gasteiger partial charge >= 0.3 is 0 Å². The summed E-state index contributed by atoms with van der Waals surface area (Å²) < 4.78 is 0. The molecule has 0 radical (unpaired) electrons. The fourth-order valence-electron chi connectivity index (χ4n) is 2.28. The van der Waals surface area contributed by atoms with E-state index in [2.05, 4.69) is 10.3 Å². The second kappa shape index (κ2) is 5.30. The molecule has 0 unspecified atom stereocenters. The lowest BCUT2D eigenvalue weighted by Crippen LogP contribution is -2.30. The third kappa shape index (κ3) is 2.95. The van der Waals surface area contributed by atoms with Crippen LogP contribution in [0.2, 0.25) is 0 Å². The van der Waals surface area contributed by atoms with E-state index < -0.39 is 0 Å². The number of rotatable bonds is 3. The molecule has 1 aliphatic carbocycles. The number of nitrogens with zero attached hydrogens (tertiary/aromatic N) is 1. The van der Waals surface area contributed by atoms with Gasteiger partial charge in [-0.2, -0.15) is 0 Å². The topological polar surface area (TPSA) is 45.1 Å². The van der Waals surface area contributed by atoms with Crippen molar-refractivity contribution >= 4 is 0 Å². The molecular weight excluding hydrogens is 200 g/mol. The van der Waals surface area contributed by atoms with Gasteiger partial charge in [0.25, 0.3) is 0 Å². The highest BCUT2D eigenvalue weighted by molar-refractivity contribution is 5.27. The zero-order valence-corrected chi connectivity index (χ0v) is 9.87. The van der Waals surface area contributed by atoms with Gasteiger partial charge in [0.1, 0.15) is 5.75 Å². The Balaban J connectivity index is 1.90. The van der Waals surface area contributed by atoms with Crippen molar-refractivity contribution in [1.29, 1.82) is 0 Å². The maximum absolute atomic E-state index is 9.66. The van der Waals surface area contributed by atoms with Crippen LogP contribution in [0.3, 0.4) is 0 Å². The molecule has 0 aliphatic heterocycles. The predicted octanol–water partition coefficient (Wildman–Crippen LogP) is 2.52. The first-order chi connectivity index (χ1) is 7.75. The first-order valence-electron chi connectivity index (χ1n) is 6.14.